The number of carbonyl (C=O) groups excluding carboxylic acids is 1. The summed E-state index contributed by atoms with van der Waals surface area (Å²) in [5, 5.41) is 0. The average molecular weight is 281 g/mol. The molecule has 1 heterocycles. The molecule has 1 aromatic carbocycles. The van der Waals surface area contributed by atoms with E-state index in [9.17, 15) is 18.0 Å². The Labute approximate surface area is 113 Å². The van der Waals surface area contributed by atoms with Crippen molar-refractivity contribution in [3.05, 3.63) is 53.7 Å². The third kappa shape index (κ3) is 2.64. The van der Waals surface area contributed by atoms with Crippen molar-refractivity contribution in [3.63, 3.8) is 0 Å². The number of hydrogen-bond acceptors (Lipinski definition) is 3. The zero-order valence-corrected chi connectivity index (χ0v) is 10.4. The van der Waals surface area contributed by atoms with Crippen LogP contribution >= 0.6 is 0 Å². The maximum atomic E-state index is 13.0. The molecule has 0 aliphatic carbocycles. The number of benzene rings is 1. The lowest BCUT2D eigenvalue weighted by Crippen LogP contribution is -2.16. The van der Waals surface area contributed by atoms with Crippen molar-refractivity contribution in [1.29, 1.82) is 0 Å². The van der Waals surface area contributed by atoms with Gasteiger partial charge in [0.05, 0.1) is 23.9 Å². The van der Waals surface area contributed by atoms with E-state index in [1.165, 1.54) is 0 Å². The van der Waals surface area contributed by atoms with E-state index in [-0.39, 0.29) is 5.69 Å². The number of pyridine rings is 1. The first-order valence-corrected chi connectivity index (χ1v) is 5.65. The van der Waals surface area contributed by atoms with E-state index in [0.717, 1.165) is 19.4 Å². The summed E-state index contributed by atoms with van der Waals surface area (Å²) in [6.07, 6.45) is -3.63. The Bertz CT molecular complexity index is 624. The lowest BCUT2D eigenvalue weighted by atomic mass is 10.0. The fourth-order valence-electron chi connectivity index (χ4n) is 1.82. The first-order chi connectivity index (χ1) is 9.45. The van der Waals surface area contributed by atoms with Crippen molar-refractivity contribution in [2.24, 2.45) is 0 Å². The molecule has 1 aromatic heterocycles. The first kappa shape index (κ1) is 14.0. The average Bonchev–Trinajstić information content (AvgIpc) is 2.45. The Morgan fingerprint density at radius 2 is 1.80 bits per heavy atom. The zero-order chi connectivity index (χ0) is 14.8. The number of ether oxygens (including phenoxy) is 1. The molecule has 2 rings (SSSR count). The molecule has 6 heteroatoms. The van der Waals surface area contributed by atoms with Gasteiger partial charge in [-0.1, -0.05) is 30.3 Å². The SMILES string of the molecule is COC(=O)c1c(C(F)(F)F)ccnc1-c1ccccc1. The molecule has 20 heavy (non-hydrogen) atoms. The number of halogens is 3. The highest BCUT2D eigenvalue weighted by Gasteiger charge is 2.37. The van der Waals surface area contributed by atoms with Gasteiger partial charge in [-0.2, -0.15) is 13.2 Å². The van der Waals surface area contributed by atoms with Gasteiger partial charge in [-0.05, 0) is 6.07 Å². The van der Waals surface area contributed by atoms with Crippen molar-refractivity contribution in [2.45, 2.75) is 6.18 Å². The summed E-state index contributed by atoms with van der Waals surface area (Å²) in [4.78, 5) is 15.6. The van der Waals surface area contributed by atoms with Crippen molar-refractivity contribution < 1.29 is 22.7 Å². The number of alkyl halides is 3. The Hall–Kier alpha value is -2.37. The van der Waals surface area contributed by atoms with Crippen LogP contribution < -0.4 is 0 Å². The molecule has 0 saturated carbocycles. The van der Waals surface area contributed by atoms with Crippen LogP contribution in [0.2, 0.25) is 0 Å². The van der Waals surface area contributed by atoms with Crippen molar-refractivity contribution >= 4 is 5.97 Å². The minimum atomic E-state index is -4.66. The van der Waals surface area contributed by atoms with Gasteiger partial charge < -0.3 is 4.74 Å². The summed E-state index contributed by atoms with van der Waals surface area (Å²) in [5.74, 6) is -1.07. The topological polar surface area (TPSA) is 39.2 Å². The maximum Gasteiger partial charge on any atom is 0.417 e. The summed E-state index contributed by atoms with van der Waals surface area (Å²) < 4.78 is 43.5. The highest BCUT2D eigenvalue weighted by Crippen LogP contribution is 2.35. The van der Waals surface area contributed by atoms with E-state index in [1.54, 1.807) is 30.3 Å². The molecular weight excluding hydrogens is 271 g/mol. The fraction of sp³-hybridized carbons (Fsp3) is 0.143. The summed E-state index contributed by atoms with van der Waals surface area (Å²) in [6, 6.07) is 8.94. The Morgan fingerprint density at radius 3 is 2.35 bits per heavy atom. The normalized spacial score (nSPS) is 11.2. The van der Waals surface area contributed by atoms with Gasteiger partial charge in [0, 0.05) is 11.8 Å². The van der Waals surface area contributed by atoms with E-state index in [4.69, 9.17) is 0 Å². The number of methoxy groups -OCH3 is 1. The minimum absolute atomic E-state index is 0.0488. The van der Waals surface area contributed by atoms with Gasteiger partial charge in [0.25, 0.3) is 0 Å². The molecule has 104 valence electrons. The second-order valence-electron chi connectivity index (χ2n) is 3.94. The number of nitrogens with zero attached hydrogens (tertiary/aromatic N) is 1. The van der Waals surface area contributed by atoms with Crippen LogP contribution in [0.5, 0.6) is 0 Å². The Balaban J connectivity index is 2.73. The van der Waals surface area contributed by atoms with Gasteiger partial charge in [0.1, 0.15) is 0 Å². The third-order valence-electron chi connectivity index (χ3n) is 2.69. The molecule has 0 unspecified atom stereocenters. The maximum absolute atomic E-state index is 13.0. The lowest BCUT2D eigenvalue weighted by Gasteiger charge is -2.14. The molecule has 2 aromatic rings. The van der Waals surface area contributed by atoms with Gasteiger partial charge in [-0.25, -0.2) is 4.79 Å². The fourth-order valence-corrected chi connectivity index (χ4v) is 1.82. The quantitative estimate of drug-likeness (QED) is 0.790. The summed E-state index contributed by atoms with van der Waals surface area (Å²) >= 11 is 0. The monoisotopic (exact) mass is 281 g/mol. The van der Waals surface area contributed by atoms with Crippen LogP contribution in [-0.2, 0) is 10.9 Å². The lowest BCUT2D eigenvalue weighted by molar-refractivity contribution is -0.138. The number of rotatable bonds is 2. The van der Waals surface area contributed by atoms with Gasteiger partial charge in [0.2, 0.25) is 0 Å². The number of hydrogen-bond donors (Lipinski definition) is 0. The molecule has 0 fully saturated rings. The minimum Gasteiger partial charge on any atom is -0.465 e. The van der Waals surface area contributed by atoms with E-state index in [1.807, 2.05) is 0 Å². The van der Waals surface area contributed by atoms with Crippen LogP contribution in [-0.4, -0.2) is 18.1 Å². The highest BCUT2D eigenvalue weighted by atomic mass is 19.4. The Kier molecular flexibility index (Phi) is 3.74. The third-order valence-corrected chi connectivity index (χ3v) is 2.69. The molecule has 0 aliphatic heterocycles. The molecule has 0 N–H and O–H groups in total. The number of esters is 1. The van der Waals surface area contributed by atoms with E-state index in [0.29, 0.717) is 5.56 Å². The van der Waals surface area contributed by atoms with E-state index >= 15 is 0 Å². The first-order valence-electron chi connectivity index (χ1n) is 5.65. The van der Waals surface area contributed by atoms with Gasteiger partial charge in [-0.3, -0.25) is 4.98 Å². The van der Waals surface area contributed by atoms with Crippen LogP contribution in [0.15, 0.2) is 42.6 Å². The van der Waals surface area contributed by atoms with Crippen molar-refractivity contribution in [3.8, 4) is 11.3 Å². The molecule has 0 spiro atoms. The smallest absolute Gasteiger partial charge is 0.417 e. The molecule has 0 bridgehead atoms. The zero-order valence-electron chi connectivity index (χ0n) is 10.4. The van der Waals surface area contributed by atoms with Crippen molar-refractivity contribution in [1.82, 2.24) is 4.98 Å². The van der Waals surface area contributed by atoms with Crippen LogP contribution in [0, 0.1) is 0 Å². The van der Waals surface area contributed by atoms with Crippen LogP contribution in [0.25, 0.3) is 11.3 Å². The highest BCUT2D eigenvalue weighted by molar-refractivity contribution is 5.97. The molecule has 0 saturated heterocycles. The van der Waals surface area contributed by atoms with Crippen LogP contribution in [0.4, 0.5) is 13.2 Å². The predicted octanol–water partition coefficient (Wildman–Crippen LogP) is 3.55. The molecule has 0 radical (unpaired) electrons. The second-order valence-corrected chi connectivity index (χ2v) is 3.94. The largest absolute Gasteiger partial charge is 0.465 e. The molecular formula is C14H10F3NO2. The van der Waals surface area contributed by atoms with Crippen LogP contribution in [0.1, 0.15) is 15.9 Å². The predicted molar refractivity (Wildman–Crippen MR) is 66.0 cm³/mol. The standard InChI is InChI=1S/C14H10F3NO2/c1-20-13(19)11-10(14(15,16)17)7-8-18-12(11)9-5-3-2-4-6-9/h2-8H,1H3. The summed E-state index contributed by atoms with van der Waals surface area (Å²) in [6.45, 7) is 0. The molecule has 0 aliphatic rings. The summed E-state index contributed by atoms with van der Waals surface area (Å²) in [5.41, 5.74) is -1.27. The van der Waals surface area contributed by atoms with Gasteiger partial charge in [-0.15, -0.1) is 0 Å². The van der Waals surface area contributed by atoms with Crippen molar-refractivity contribution in [2.75, 3.05) is 7.11 Å². The molecule has 0 atom stereocenters. The number of carbonyl (C=O) groups is 1. The number of aromatic nitrogens is 1. The van der Waals surface area contributed by atoms with E-state index in [2.05, 4.69) is 9.72 Å². The Morgan fingerprint density at radius 1 is 1.15 bits per heavy atom. The second kappa shape index (κ2) is 5.32. The molecule has 0 amide bonds. The summed E-state index contributed by atoms with van der Waals surface area (Å²) in [7, 11) is 1.03. The van der Waals surface area contributed by atoms with Gasteiger partial charge in [0.15, 0.2) is 0 Å². The van der Waals surface area contributed by atoms with E-state index < -0.39 is 23.3 Å². The van der Waals surface area contributed by atoms with Crippen LogP contribution in [0.3, 0.4) is 0 Å². The molecule has 3 nitrogen and oxygen atoms in total. The van der Waals surface area contributed by atoms with Gasteiger partial charge >= 0.3 is 12.1 Å².